The molecule has 0 saturated carbocycles. The van der Waals surface area contributed by atoms with E-state index in [-0.39, 0.29) is 10.9 Å². The summed E-state index contributed by atoms with van der Waals surface area (Å²) < 4.78 is 0.965. The fourth-order valence-corrected chi connectivity index (χ4v) is 3.34. The molecule has 3 aromatic carbocycles. The van der Waals surface area contributed by atoms with Crippen LogP contribution in [0.25, 0.3) is 31.8 Å². The Bertz CT molecular complexity index is 1090. The summed E-state index contributed by atoms with van der Waals surface area (Å²) in [5, 5.41) is 3.86. The molecular formula is C16H9NO2S. The van der Waals surface area contributed by atoms with Gasteiger partial charge < -0.3 is 4.98 Å². The van der Waals surface area contributed by atoms with Gasteiger partial charge in [0.1, 0.15) is 0 Å². The smallest absolute Gasteiger partial charge is 0.196 e. The summed E-state index contributed by atoms with van der Waals surface area (Å²) in [5.41, 5.74) is 0.567. The Morgan fingerprint density at radius 1 is 0.850 bits per heavy atom. The van der Waals surface area contributed by atoms with Gasteiger partial charge in [0.15, 0.2) is 10.9 Å². The lowest BCUT2D eigenvalue weighted by Gasteiger charge is -2.04. The molecule has 1 N–H and O–H groups in total. The molecule has 0 bridgehead atoms. The highest BCUT2D eigenvalue weighted by Gasteiger charge is 2.12. The minimum Gasteiger partial charge on any atom is -0.359 e. The van der Waals surface area contributed by atoms with Gasteiger partial charge in [-0.1, -0.05) is 24.3 Å². The van der Waals surface area contributed by atoms with Crippen LogP contribution in [0.3, 0.4) is 0 Å². The number of nitrogens with one attached hydrogen (secondary N) is 1. The van der Waals surface area contributed by atoms with Gasteiger partial charge in [-0.25, -0.2) is 0 Å². The molecule has 4 rings (SSSR count). The van der Waals surface area contributed by atoms with Crippen molar-refractivity contribution in [1.29, 1.82) is 0 Å². The van der Waals surface area contributed by atoms with Crippen molar-refractivity contribution in [2.24, 2.45) is 0 Å². The second kappa shape index (κ2) is 4.02. The third kappa shape index (κ3) is 1.39. The minimum atomic E-state index is -0.0875. The van der Waals surface area contributed by atoms with E-state index in [1.807, 2.05) is 11.4 Å². The molecule has 0 spiro atoms. The largest absolute Gasteiger partial charge is 0.359 e. The van der Waals surface area contributed by atoms with E-state index < -0.39 is 0 Å². The fourth-order valence-electron chi connectivity index (χ4n) is 2.63. The maximum atomic E-state index is 12.7. The van der Waals surface area contributed by atoms with E-state index >= 15 is 0 Å². The topological polar surface area (TPSA) is 49.9 Å². The zero-order valence-corrected chi connectivity index (χ0v) is 11.2. The van der Waals surface area contributed by atoms with Crippen molar-refractivity contribution in [3.05, 3.63) is 68.4 Å². The second-order valence-corrected chi connectivity index (χ2v) is 5.58. The Kier molecular flexibility index (Phi) is 2.28. The summed E-state index contributed by atoms with van der Waals surface area (Å²) in [4.78, 5) is 28.3. The van der Waals surface area contributed by atoms with Crippen LogP contribution >= 0.6 is 11.3 Å². The van der Waals surface area contributed by atoms with E-state index in [1.165, 1.54) is 11.3 Å². The Labute approximate surface area is 117 Å². The van der Waals surface area contributed by atoms with Gasteiger partial charge in [-0.2, -0.15) is 0 Å². The highest BCUT2D eigenvalue weighted by Crippen LogP contribution is 2.23. The van der Waals surface area contributed by atoms with Gasteiger partial charge in [-0.3, -0.25) is 9.59 Å². The van der Waals surface area contributed by atoms with E-state index in [4.69, 9.17) is 0 Å². The molecule has 96 valence electrons. The SMILES string of the molecule is O=c1c2ccccc2c(=O)c2c1ccc1scc[nH]c12. The summed E-state index contributed by atoms with van der Waals surface area (Å²) in [6.07, 6.45) is 1.78. The lowest BCUT2D eigenvalue weighted by atomic mass is 10.0. The predicted octanol–water partition coefficient (Wildman–Crippen LogP) is 3.26. The van der Waals surface area contributed by atoms with Crippen LogP contribution in [-0.2, 0) is 0 Å². The maximum Gasteiger partial charge on any atom is 0.196 e. The van der Waals surface area contributed by atoms with Crippen molar-refractivity contribution in [3.8, 4) is 0 Å². The standard InChI is InChI=1S/C16H9NO2S/c18-15-9-3-1-2-4-10(9)16(19)13-11(15)5-6-12-14(13)17-7-8-20-12/h1-8,17H. The number of aromatic amines is 1. The van der Waals surface area contributed by atoms with Crippen LogP contribution in [-0.4, -0.2) is 4.98 Å². The van der Waals surface area contributed by atoms with Gasteiger partial charge in [0.2, 0.25) is 0 Å². The molecule has 0 atom stereocenters. The summed E-state index contributed by atoms with van der Waals surface area (Å²) >= 11 is 1.54. The first-order valence-electron chi connectivity index (χ1n) is 6.21. The molecule has 20 heavy (non-hydrogen) atoms. The lowest BCUT2D eigenvalue weighted by molar-refractivity contribution is 1.45. The van der Waals surface area contributed by atoms with Crippen molar-refractivity contribution >= 4 is 43.1 Å². The van der Waals surface area contributed by atoms with Crippen LogP contribution in [0, 0.1) is 0 Å². The molecule has 3 nitrogen and oxygen atoms in total. The molecule has 0 aliphatic heterocycles. The first kappa shape index (κ1) is 11.4. The number of H-pyrrole nitrogens is 1. The highest BCUT2D eigenvalue weighted by atomic mass is 32.1. The van der Waals surface area contributed by atoms with E-state index in [2.05, 4.69) is 4.98 Å². The van der Waals surface area contributed by atoms with Gasteiger partial charge in [-0.05, 0) is 12.1 Å². The van der Waals surface area contributed by atoms with Gasteiger partial charge in [0, 0.05) is 27.7 Å². The lowest BCUT2D eigenvalue weighted by Crippen LogP contribution is -2.13. The molecule has 4 heteroatoms. The molecule has 0 saturated heterocycles. The quantitative estimate of drug-likeness (QED) is 0.397. The molecule has 1 aromatic heterocycles. The Balaban J connectivity index is 2.46. The number of hydrogen-bond acceptors (Lipinski definition) is 3. The Morgan fingerprint density at radius 2 is 1.60 bits per heavy atom. The highest BCUT2D eigenvalue weighted by molar-refractivity contribution is 7.16. The molecule has 1 heterocycles. The van der Waals surface area contributed by atoms with Crippen molar-refractivity contribution in [2.75, 3.05) is 0 Å². The number of aromatic nitrogens is 1. The van der Waals surface area contributed by atoms with Crippen molar-refractivity contribution in [2.45, 2.75) is 0 Å². The van der Waals surface area contributed by atoms with Gasteiger partial charge >= 0.3 is 0 Å². The van der Waals surface area contributed by atoms with Crippen LogP contribution in [0.5, 0.6) is 0 Å². The van der Waals surface area contributed by atoms with Crippen LogP contribution in [0.4, 0.5) is 0 Å². The Morgan fingerprint density at radius 3 is 2.40 bits per heavy atom. The third-order valence-electron chi connectivity index (χ3n) is 3.55. The molecular weight excluding hydrogens is 270 g/mol. The zero-order valence-electron chi connectivity index (χ0n) is 10.3. The zero-order chi connectivity index (χ0) is 13.7. The van der Waals surface area contributed by atoms with Crippen molar-refractivity contribution in [3.63, 3.8) is 0 Å². The first-order chi connectivity index (χ1) is 9.77. The molecule has 0 amide bonds. The van der Waals surface area contributed by atoms with Crippen LogP contribution in [0.1, 0.15) is 0 Å². The normalized spacial score (nSPS) is 11.4. The average Bonchev–Trinajstić information content (AvgIpc) is 2.51. The van der Waals surface area contributed by atoms with Gasteiger partial charge in [0.05, 0.1) is 15.6 Å². The van der Waals surface area contributed by atoms with E-state index in [1.54, 1.807) is 36.5 Å². The molecule has 0 fully saturated rings. The maximum absolute atomic E-state index is 12.7. The molecule has 0 aliphatic rings. The summed E-state index contributed by atoms with van der Waals surface area (Å²) in [6, 6.07) is 10.6. The van der Waals surface area contributed by atoms with Crippen LogP contribution in [0.2, 0.25) is 0 Å². The second-order valence-electron chi connectivity index (χ2n) is 4.63. The number of hydrogen-bond donors (Lipinski definition) is 1. The van der Waals surface area contributed by atoms with E-state index in [0.29, 0.717) is 21.5 Å². The Hall–Kier alpha value is -2.46. The first-order valence-corrected chi connectivity index (χ1v) is 7.09. The fraction of sp³-hybridized carbons (Fsp3) is 0. The molecule has 0 radical (unpaired) electrons. The monoisotopic (exact) mass is 279 g/mol. The van der Waals surface area contributed by atoms with Crippen molar-refractivity contribution in [1.82, 2.24) is 4.98 Å². The van der Waals surface area contributed by atoms with E-state index in [0.717, 1.165) is 10.2 Å². The average molecular weight is 279 g/mol. The number of benzene rings is 3. The third-order valence-corrected chi connectivity index (χ3v) is 4.41. The van der Waals surface area contributed by atoms with Crippen molar-refractivity contribution < 1.29 is 0 Å². The molecule has 0 aliphatic carbocycles. The molecule has 4 aromatic rings. The minimum absolute atomic E-state index is 0.0839. The van der Waals surface area contributed by atoms with Crippen LogP contribution < -0.4 is 10.9 Å². The number of rotatable bonds is 0. The summed E-state index contributed by atoms with van der Waals surface area (Å²) in [5.74, 6) is 0. The summed E-state index contributed by atoms with van der Waals surface area (Å²) in [6.45, 7) is 0. The van der Waals surface area contributed by atoms with Gasteiger partial charge in [0.25, 0.3) is 0 Å². The predicted molar refractivity (Wildman–Crippen MR) is 83.7 cm³/mol. The van der Waals surface area contributed by atoms with E-state index in [9.17, 15) is 9.59 Å². The van der Waals surface area contributed by atoms with Gasteiger partial charge in [-0.15, -0.1) is 11.3 Å². The van der Waals surface area contributed by atoms with Crippen LogP contribution in [0.15, 0.2) is 57.6 Å². The number of fused-ring (bicyclic) bond motifs is 4. The summed E-state index contributed by atoms with van der Waals surface area (Å²) in [7, 11) is 0. The molecule has 0 unspecified atom stereocenters.